The highest BCUT2D eigenvalue weighted by Gasteiger charge is 2.49. The van der Waals surface area contributed by atoms with Gasteiger partial charge in [-0.3, -0.25) is 24.0 Å². The highest BCUT2D eigenvalue weighted by Crippen LogP contribution is 2.31. The number of nitrogens with one attached hydrogen (secondary N) is 1. The maximum absolute atomic E-state index is 13.7. The van der Waals surface area contributed by atoms with Crippen LogP contribution >= 0.6 is 34.5 Å². The number of aryl methyl sites for hydroxylation is 1. The summed E-state index contributed by atoms with van der Waals surface area (Å²) in [6, 6.07) is 2.97. The van der Waals surface area contributed by atoms with Crippen LogP contribution in [0.1, 0.15) is 54.4 Å². The van der Waals surface area contributed by atoms with Crippen LogP contribution in [0.4, 0.5) is 0 Å². The van der Waals surface area contributed by atoms with E-state index in [9.17, 15) is 24.0 Å². The van der Waals surface area contributed by atoms with Crippen molar-refractivity contribution in [3.05, 3.63) is 50.4 Å². The number of nitrogens with two attached hydrogens (primary N) is 1. The number of likely N-dealkylation sites (tertiary alicyclic amines) is 1. The normalized spacial score (nSPS) is 21.6. The van der Waals surface area contributed by atoms with Crippen molar-refractivity contribution < 1.29 is 24.0 Å². The largest absolute Gasteiger partial charge is 0.369 e. The van der Waals surface area contributed by atoms with Crippen molar-refractivity contribution in [2.45, 2.75) is 63.6 Å². The molecule has 0 radical (unpaired) electrons. The van der Waals surface area contributed by atoms with Crippen LogP contribution in [0.15, 0.2) is 34.8 Å². The van der Waals surface area contributed by atoms with E-state index in [1.807, 2.05) is 6.07 Å². The van der Waals surface area contributed by atoms with Crippen molar-refractivity contribution in [1.29, 1.82) is 0 Å². The lowest BCUT2D eigenvalue weighted by atomic mass is 9.86. The molecule has 1 aromatic carbocycles. The van der Waals surface area contributed by atoms with E-state index in [4.69, 9.17) is 28.9 Å². The molecule has 5 rings (SSSR count). The lowest BCUT2D eigenvalue weighted by Crippen LogP contribution is -2.62. The molecular weight excluding hydrogens is 641 g/mol. The van der Waals surface area contributed by atoms with Crippen molar-refractivity contribution in [1.82, 2.24) is 25.0 Å². The Hall–Kier alpha value is -3.55. The summed E-state index contributed by atoms with van der Waals surface area (Å²) >= 11 is 13.3. The molecule has 4 heterocycles. The van der Waals surface area contributed by atoms with Gasteiger partial charge in [-0.25, -0.2) is 4.98 Å². The molecule has 1 aromatic heterocycles. The number of carbonyl (C=O) groups is 5. The second-order valence-corrected chi connectivity index (χ2v) is 13.2. The predicted molar refractivity (Wildman–Crippen MR) is 170 cm³/mol. The van der Waals surface area contributed by atoms with Gasteiger partial charge in [0.2, 0.25) is 29.4 Å². The summed E-state index contributed by atoms with van der Waals surface area (Å²) in [6.07, 6.45) is 4.55. The summed E-state index contributed by atoms with van der Waals surface area (Å²) in [7, 11) is 0. The van der Waals surface area contributed by atoms with Gasteiger partial charge in [0, 0.05) is 38.1 Å². The molecule has 3 atom stereocenters. The molecule has 0 saturated carbocycles. The molecule has 3 N–H and O–H groups in total. The second-order valence-electron chi connectivity index (χ2n) is 11.5. The molecule has 3 saturated heterocycles. The van der Waals surface area contributed by atoms with Crippen LogP contribution in [0.2, 0.25) is 10.0 Å². The number of rotatable bonds is 9. The van der Waals surface area contributed by atoms with E-state index in [1.54, 1.807) is 27.3 Å². The first-order valence-electron chi connectivity index (χ1n) is 14.9. The number of piperazine rings is 1. The minimum Gasteiger partial charge on any atom is -0.369 e. The van der Waals surface area contributed by atoms with Gasteiger partial charge < -0.3 is 25.8 Å². The average Bonchev–Trinajstić information content (AvgIpc) is 3.71. The quantitative estimate of drug-likeness (QED) is 0.233. The lowest BCUT2D eigenvalue weighted by molar-refractivity contribution is -0.157. The van der Waals surface area contributed by atoms with Gasteiger partial charge in [-0.05, 0) is 62.1 Å². The molecule has 0 aliphatic carbocycles. The topological polar surface area (TPSA) is 158 Å². The SMILES string of the molecule is CC(=O)N=C(N)N1CCC([C@H](NC(=O)[C@@H]2CC[C@H]3C(=O)N(CCCc4ccc(Cl)c(Cl)c4)CC(=O)N23)C(=O)c2nccs2)CC1. The Morgan fingerprint density at radius 3 is 2.56 bits per heavy atom. The van der Waals surface area contributed by atoms with E-state index >= 15 is 0 Å². The molecule has 3 fully saturated rings. The Balaban J connectivity index is 1.22. The number of aliphatic imine (C=N–C) groups is 1. The molecule has 15 heteroatoms. The van der Waals surface area contributed by atoms with Crippen LogP contribution in [-0.4, -0.2) is 99.4 Å². The van der Waals surface area contributed by atoms with Crippen molar-refractivity contribution >= 4 is 69.9 Å². The molecule has 4 amide bonds. The van der Waals surface area contributed by atoms with E-state index < -0.39 is 29.9 Å². The molecule has 240 valence electrons. The van der Waals surface area contributed by atoms with Gasteiger partial charge in [0.1, 0.15) is 12.1 Å². The Morgan fingerprint density at radius 1 is 1.13 bits per heavy atom. The van der Waals surface area contributed by atoms with Gasteiger partial charge in [0.25, 0.3) is 0 Å². The van der Waals surface area contributed by atoms with Crippen molar-refractivity contribution in [2.75, 3.05) is 26.2 Å². The zero-order valence-electron chi connectivity index (χ0n) is 24.8. The van der Waals surface area contributed by atoms with E-state index in [1.165, 1.54) is 29.4 Å². The maximum Gasteiger partial charge on any atom is 0.245 e. The number of thiazole rings is 1. The number of amides is 4. The summed E-state index contributed by atoms with van der Waals surface area (Å²) in [5.41, 5.74) is 6.95. The summed E-state index contributed by atoms with van der Waals surface area (Å²) in [5, 5.41) is 5.86. The van der Waals surface area contributed by atoms with Gasteiger partial charge in [0.15, 0.2) is 11.0 Å². The fraction of sp³-hybridized carbons (Fsp3) is 0.500. The van der Waals surface area contributed by atoms with E-state index in [2.05, 4.69) is 15.3 Å². The number of aromatic nitrogens is 1. The molecule has 12 nitrogen and oxygen atoms in total. The number of nitrogens with zero attached hydrogens (tertiary/aromatic N) is 5. The number of ketones is 1. The first kappa shape index (κ1) is 32.8. The number of hydrogen-bond donors (Lipinski definition) is 2. The maximum atomic E-state index is 13.7. The van der Waals surface area contributed by atoms with Crippen molar-refractivity contribution in [3.8, 4) is 0 Å². The number of hydrogen-bond acceptors (Lipinski definition) is 7. The van der Waals surface area contributed by atoms with E-state index in [-0.39, 0.29) is 41.0 Å². The summed E-state index contributed by atoms with van der Waals surface area (Å²) < 4.78 is 0. The first-order valence-corrected chi connectivity index (χ1v) is 16.5. The Labute approximate surface area is 274 Å². The number of piperidine rings is 1. The zero-order valence-corrected chi connectivity index (χ0v) is 27.1. The summed E-state index contributed by atoms with van der Waals surface area (Å²) in [6.45, 7) is 2.52. The van der Waals surface area contributed by atoms with Crippen LogP contribution in [-0.2, 0) is 25.6 Å². The highest BCUT2D eigenvalue weighted by molar-refractivity contribution is 7.11. The second kappa shape index (κ2) is 14.3. The number of carbonyl (C=O) groups excluding carboxylic acids is 5. The van der Waals surface area contributed by atoms with Crippen LogP contribution in [0.5, 0.6) is 0 Å². The average molecular weight is 677 g/mol. The third-order valence-electron chi connectivity index (χ3n) is 8.61. The molecular formula is C30H35Cl2N7O5S. The fourth-order valence-corrected chi connectivity index (χ4v) is 7.31. The number of halogens is 2. The molecule has 3 aliphatic heterocycles. The standard InChI is InChI=1S/C30H35Cl2N7O5S/c1-17(40)35-30(33)37-12-8-19(9-13-37)25(26(42)28-34-10-14-45-28)36-27(43)22-6-7-23-29(44)38(16-24(41)39(22)23)11-2-3-18-4-5-20(31)21(32)15-18/h4-5,10,14-15,19,22-23,25H,2-3,6-9,11-13,16H2,1H3,(H,36,43)(H2,33,35,40)/t22-,23-,25-/m0/s1. The third-order valence-corrected chi connectivity index (χ3v) is 10.1. The molecule has 0 bridgehead atoms. The number of fused-ring (bicyclic) bond motifs is 1. The Bertz CT molecular complexity index is 1500. The van der Waals surface area contributed by atoms with Gasteiger partial charge in [-0.15, -0.1) is 11.3 Å². The van der Waals surface area contributed by atoms with Crippen LogP contribution < -0.4 is 11.1 Å². The smallest absolute Gasteiger partial charge is 0.245 e. The minimum absolute atomic E-state index is 0.107. The van der Waals surface area contributed by atoms with E-state index in [0.717, 1.165) is 5.56 Å². The number of guanidine groups is 1. The van der Waals surface area contributed by atoms with Crippen molar-refractivity contribution in [3.63, 3.8) is 0 Å². The van der Waals surface area contributed by atoms with Crippen LogP contribution in [0, 0.1) is 5.92 Å². The van der Waals surface area contributed by atoms with Gasteiger partial charge in [-0.2, -0.15) is 4.99 Å². The fourth-order valence-electron chi connectivity index (χ4n) is 6.37. The minimum atomic E-state index is -0.871. The highest BCUT2D eigenvalue weighted by atomic mass is 35.5. The summed E-state index contributed by atoms with van der Waals surface area (Å²) in [5.74, 6) is -1.72. The van der Waals surface area contributed by atoms with E-state index in [0.29, 0.717) is 68.2 Å². The van der Waals surface area contributed by atoms with Gasteiger partial charge in [0.05, 0.1) is 22.6 Å². The monoisotopic (exact) mass is 675 g/mol. The third kappa shape index (κ3) is 7.47. The van der Waals surface area contributed by atoms with Gasteiger partial charge >= 0.3 is 0 Å². The van der Waals surface area contributed by atoms with Crippen molar-refractivity contribution in [2.24, 2.45) is 16.6 Å². The molecule has 45 heavy (non-hydrogen) atoms. The molecule has 3 aliphatic rings. The zero-order chi connectivity index (χ0) is 32.2. The number of benzene rings is 1. The summed E-state index contributed by atoms with van der Waals surface area (Å²) in [4.78, 5) is 78.1. The molecule has 0 unspecified atom stereocenters. The predicted octanol–water partition coefficient (Wildman–Crippen LogP) is 2.53. The lowest BCUT2D eigenvalue weighted by Gasteiger charge is -2.39. The Morgan fingerprint density at radius 2 is 1.89 bits per heavy atom. The van der Waals surface area contributed by atoms with Gasteiger partial charge in [-0.1, -0.05) is 29.3 Å². The van der Waals surface area contributed by atoms with Crippen LogP contribution in [0.3, 0.4) is 0 Å². The Kier molecular flexibility index (Phi) is 10.4. The first-order chi connectivity index (χ1) is 21.5. The van der Waals surface area contributed by atoms with Crippen LogP contribution in [0.25, 0.3) is 0 Å². The number of Topliss-reactive ketones (excluding diaryl/α,β-unsaturated/α-hetero) is 1. The molecule has 0 spiro atoms. The molecule has 2 aromatic rings.